The molecule has 9 nitrogen and oxygen atoms in total. The lowest BCUT2D eigenvalue weighted by Crippen LogP contribution is -2.54. The number of fused-ring (bicyclic) bond motifs is 1. The van der Waals surface area contributed by atoms with Gasteiger partial charge in [-0.25, -0.2) is 13.5 Å². The van der Waals surface area contributed by atoms with Gasteiger partial charge in [0, 0.05) is 31.6 Å². The molecule has 0 aliphatic carbocycles. The van der Waals surface area contributed by atoms with Gasteiger partial charge < -0.3 is 19.1 Å². The van der Waals surface area contributed by atoms with Crippen molar-refractivity contribution in [1.82, 2.24) is 19.9 Å². The Balaban J connectivity index is 1.47. The molecule has 38 heavy (non-hydrogen) atoms. The van der Waals surface area contributed by atoms with Gasteiger partial charge in [0.1, 0.15) is 46.5 Å². The molecule has 2 aliphatic rings. The number of benzene rings is 2. The molecule has 0 saturated carbocycles. The Morgan fingerprint density at radius 3 is 2.55 bits per heavy atom. The van der Waals surface area contributed by atoms with Crippen LogP contribution in [0.15, 0.2) is 53.7 Å². The Bertz CT molecular complexity index is 1330. The molecule has 2 aliphatic heterocycles. The first-order valence-electron chi connectivity index (χ1n) is 12.0. The highest BCUT2D eigenvalue weighted by molar-refractivity contribution is 6.31. The summed E-state index contributed by atoms with van der Waals surface area (Å²) in [7, 11) is 3.58. The van der Waals surface area contributed by atoms with Gasteiger partial charge in [0.25, 0.3) is 5.91 Å². The SMILES string of the molecule is CC(=NC(=O)[C@H]1C[C@@H](n2cc(-c3cc(F)c(Cl)c(F)c3)nn2)[C@H]2OC(c3ccccc3)OC[C@H]2O1)N(C)C. The zero-order valence-corrected chi connectivity index (χ0v) is 21.7. The predicted octanol–water partition coefficient (Wildman–Crippen LogP) is 4.20. The van der Waals surface area contributed by atoms with Crippen LogP contribution in [0.2, 0.25) is 5.02 Å². The van der Waals surface area contributed by atoms with E-state index in [-0.39, 0.29) is 24.3 Å². The lowest BCUT2D eigenvalue weighted by molar-refractivity contribution is -0.297. The molecule has 2 fully saturated rings. The van der Waals surface area contributed by atoms with Gasteiger partial charge in [-0.3, -0.25) is 4.79 Å². The van der Waals surface area contributed by atoms with Crippen LogP contribution in [0.4, 0.5) is 8.78 Å². The number of rotatable bonds is 4. The minimum atomic E-state index is -0.902. The molecule has 3 aromatic rings. The maximum atomic E-state index is 14.1. The van der Waals surface area contributed by atoms with Gasteiger partial charge in [-0.1, -0.05) is 47.1 Å². The average molecular weight is 546 g/mol. The van der Waals surface area contributed by atoms with Crippen molar-refractivity contribution >= 4 is 23.3 Å². The largest absolute Gasteiger partial charge is 0.366 e. The number of carbonyl (C=O) groups is 1. The number of hydrogen-bond acceptors (Lipinski definition) is 6. The lowest BCUT2D eigenvalue weighted by atomic mass is 9.94. The van der Waals surface area contributed by atoms with Crippen LogP contribution in [-0.4, -0.2) is 70.7 Å². The third-order valence-corrected chi connectivity index (χ3v) is 6.99. The molecule has 0 bridgehead atoms. The number of amides is 1. The van der Waals surface area contributed by atoms with Crippen molar-refractivity contribution in [1.29, 1.82) is 0 Å². The molecule has 1 amide bonds. The van der Waals surface area contributed by atoms with Gasteiger partial charge in [0.05, 0.1) is 18.8 Å². The minimum absolute atomic E-state index is 0.174. The van der Waals surface area contributed by atoms with Crippen molar-refractivity contribution in [2.24, 2.45) is 4.99 Å². The van der Waals surface area contributed by atoms with E-state index in [2.05, 4.69) is 15.3 Å². The molecular formula is C26H26ClF2N5O4. The molecule has 1 unspecified atom stereocenters. The summed E-state index contributed by atoms with van der Waals surface area (Å²) < 4.78 is 48.1. The number of halogens is 3. The quantitative estimate of drug-likeness (QED) is 0.276. The average Bonchev–Trinajstić information content (AvgIpc) is 3.41. The number of aliphatic imine (C=N–C) groups is 1. The first kappa shape index (κ1) is 26.4. The second-order valence-electron chi connectivity index (χ2n) is 9.37. The van der Waals surface area contributed by atoms with Crippen LogP contribution in [0, 0.1) is 11.6 Å². The highest BCUT2D eigenvalue weighted by Gasteiger charge is 2.47. The summed E-state index contributed by atoms with van der Waals surface area (Å²) in [6, 6.07) is 11.1. The molecule has 1 aromatic heterocycles. The number of nitrogens with zero attached hydrogens (tertiary/aromatic N) is 5. The molecule has 12 heteroatoms. The van der Waals surface area contributed by atoms with Crippen LogP contribution in [0.25, 0.3) is 11.3 Å². The van der Waals surface area contributed by atoms with Crippen molar-refractivity contribution in [3.05, 3.63) is 70.9 Å². The summed E-state index contributed by atoms with van der Waals surface area (Å²) in [5.41, 5.74) is 1.24. The molecule has 3 heterocycles. The zero-order chi connectivity index (χ0) is 27.0. The number of hydrogen-bond donors (Lipinski definition) is 0. The van der Waals surface area contributed by atoms with E-state index in [0.29, 0.717) is 5.84 Å². The van der Waals surface area contributed by atoms with Gasteiger partial charge in [-0.05, 0) is 19.1 Å². The topological polar surface area (TPSA) is 91.1 Å². The molecular weight excluding hydrogens is 520 g/mol. The number of ether oxygens (including phenoxy) is 3. The summed E-state index contributed by atoms with van der Waals surface area (Å²) in [5, 5.41) is 7.75. The van der Waals surface area contributed by atoms with Gasteiger partial charge >= 0.3 is 0 Å². The first-order chi connectivity index (χ1) is 18.2. The monoisotopic (exact) mass is 545 g/mol. The normalized spacial score (nSPS) is 25.6. The van der Waals surface area contributed by atoms with E-state index in [1.165, 1.54) is 4.68 Å². The molecule has 0 radical (unpaired) electrons. The number of carbonyl (C=O) groups excluding carboxylic acids is 1. The van der Waals surface area contributed by atoms with E-state index in [0.717, 1.165) is 17.7 Å². The lowest BCUT2D eigenvalue weighted by Gasteiger charge is -2.45. The van der Waals surface area contributed by atoms with Crippen molar-refractivity contribution in [2.75, 3.05) is 20.7 Å². The smallest absolute Gasteiger partial charge is 0.276 e. The van der Waals surface area contributed by atoms with Crippen LogP contribution in [-0.2, 0) is 19.0 Å². The summed E-state index contributed by atoms with van der Waals surface area (Å²) in [4.78, 5) is 18.9. The van der Waals surface area contributed by atoms with Gasteiger partial charge in [-0.15, -0.1) is 5.10 Å². The van der Waals surface area contributed by atoms with E-state index in [1.807, 2.05) is 30.3 Å². The van der Waals surface area contributed by atoms with Gasteiger partial charge in [0.2, 0.25) is 0 Å². The highest BCUT2D eigenvalue weighted by Crippen LogP contribution is 2.39. The molecule has 0 N–H and O–H groups in total. The third kappa shape index (κ3) is 5.32. The van der Waals surface area contributed by atoms with Crippen LogP contribution in [0.5, 0.6) is 0 Å². The molecule has 2 aromatic carbocycles. The van der Waals surface area contributed by atoms with Crippen LogP contribution in [0.3, 0.4) is 0 Å². The zero-order valence-electron chi connectivity index (χ0n) is 20.9. The Labute approximate surface area is 223 Å². The van der Waals surface area contributed by atoms with Crippen LogP contribution in [0.1, 0.15) is 31.2 Å². The molecule has 0 spiro atoms. The van der Waals surface area contributed by atoms with E-state index in [4.69, 9.17) is 25.8 Å². The van der Waals surface area contributed by atoms with E-state index < -0.39 is 53.2 Å². The minimum Gasteiger partial charge on any atom is -0.366 e. The Hall–Kier alpha value is -3.25. The molecule has 5 rings (SSSR count). The summed E-state index contributed by atoms with van der Waals surface area (Å²) in [6.45, 7) is 1.91. The fourth-order valence-electron chi connectivity index (χ4n) is 4.43. The molecule has 2 saturated heterocycles. The first-order valence-corrected chi connectivity index (χ1v) is 12.4. The van der Waals surface area contributed by atoms with E-state index >= 15 is 0 Å². The van der Waals surface area contributed by atoms with E-state index in [9.17, 15) is 13.6 Å². The van der Waals surface area contributed by atoms with Crippen molar-refractivity contribution in [3.8, 4) is 11.3 Å². The Morgan fingerprint density at radius 1 is 1.16 bits per heavy atom. The van der Waals surface area contributed by atoms with Crippen molar-refractivity contribution in [2.45, 2.75) is 44.0 Å². The van der Waals surface area contributed by atoms with Crippen LogP contribution < -0.4 is 0 Å². The Kier molecular flexibility index (Phi) is 7.53. The second-order valence-corrected chi connectivity index (χ2v) is 9.75. The standard InChI is InChI=1S/C26H26ClF2N5O4/c1-14(33(2)3)30-25(35)21-11-20(24-22(37-21)13-36-26(38-24)15-7-5-4-6-8-15)34-12-19(31-32-34)16-9-17(28)23(27)18(29)10-16/h4-10,12,20-22,24,26H,11,13H2,1-3H3/t20-,21-,22-,24-,26?/m1/s1. The van der Waals surface area contributed by atoms with Crippen LogP contribution >= 0.6 is 11.6 Å². The van der Waals surface area contributed by atoms with Gasteiger partial charge in [0.15, 0.2) is 6.29 Å². The highest BCUT2D eigenvalue weighted by atomic mass is 35.5. The summed E-state index contributed by atoms with van der Waals surface area (Å²) in [6.07, 6.45) is -0.915. The van der Waals surface area contributed by atoms with Crippen molar-refractivity contribution in [3.63, 3.8) is 0 Å². The third-order valence-electron chi connectivity index (χ3n) is 6.63. The predicted molar refractivity (Wildman–Crippen MR) is 135 cm³/mol. The Morgan fingerprint density at radius 2 is 1.87 bits per heavy atom. The second kappa shape index (κ2) is 10.9. The summed E-state index contributed by atoms with van der Waals surface area (Å²) >= 11 is 5.63. The number of aromatic nitrogens is 3. The van der Waals surface area contributed by atoms with Gasteiger partial charge in [-0.2, -0.15) is 4.99 Å². The molecule has 5 atom stereocenters. The number of amidine groups is 1. The fraction of sp³-hybridized carbons (Fsp3) is 0.385. The fourth-order valence-corrected chi connectivity index (χ4v) is 4.54. The maximum absolute atomic E-state index is 14.1. The van der Waals surface area contributed by atoms with Crippen molar-refractivity contribution < 1.29 is 27.8 Å². The molecule has 200 valence electrons. The summed E-state index contributed by atoms with van der Waals surface area (Å²) in [5.74, 6) is -1.71. The van der Waals surface area contributed by atoms with E-state index in [1.54, 1.807) is 32.1 Å². The maximum Gasteiger partial charge on any atom is 0.276 e.